The lowest BCUT2D eigenvalue weighted by atomic mass is 10.1. The minimum Gasteiger partial charge on any atom is -0.324 e. The molecule has 0 spiro atoms. The molecular formula is C17H17F2N7O. The van der Waals surface area contributed by atoms with E-state index in [9.17, 15) is 13.6 Å². The summed E-state index contributed by atoms with van der Waals surface area (Å²) in [6.45, 7) is 2.31. The van der Waals surface area contributed by atoms with Crippen LogP contribution in [0.25, 0.3) is 5.69 Å². The Balaban J connectivity index is 1.70. The summed E-state index contributed by atoms with van der Waals surface area (Å²) in [5.41, 5.74) is 1.38. The van der Waals surface area contributed by atoms with Crippen LogP contribution in [0.3, 0.4) is 0 Å². The maximum atomic E-state index is 13.5. The molecule has 0 unspecified atom stereocenters. The number of aromatic nitrogens is 6. The van der Waals surface area contributed by atoms with E-state index in [0.29, 0.717) is 30.2 Å². The highest BCUT2D eigenvalue weighted by molar-refractivity contribution is 6.04. The van der Waals surface area contributed by atoms with Gasteiger partial charge < -0.3 is 9.88 Å². The monoisotopic (exact) mass is 373 g/mol. The number of carbonyl (C=O) groups excluding carboxylic acids is 1. The number of amides is 1. The lowest BCUT2D eigenvalue weighted by Crippen LogP contribution is -2.22. The van der Waals surface area contributed by atoms with Gasteiger partial charge in [-0.25, -0.2) is 18.4 Å². The number of hydrogen-bond acceptors (Lipinski definition) is 5. The maximum absolute atomic E-state index is 13.5. The van der Waals surface area contributed by atoms with Crippen molar-refractivity contribution in [2.75, 3.05) is 5.32 Å². The minimum atomic E-state index is -2.81. The van der Waals surface area contributed by atoms with Gasteiger partial charge in [0.25, 0.3) is 12.3 Å². The molecule has 1 aliphatic heterocycles. The zero-order valence-electron chi connectivity index (χ0n) is 14.6. The number of fused-ring (bicyclic) bond motifs is 1. The summed E-state index contributed by atoms with van der Waals surface area (Å²) in [6.07, 6.45) is 0.947. The number of tetrazole rings is 1. The lowest BCUT2D eigenvalue weighted by molar-refractivity contribution is 0.0995. The number of hydrogen-bond donors (Lipinski definition) is 1. The molecule has 0 bridgehead atoms. The van der Waals surface area contributed by atoms with E-state index < -0.39 is 18.0 Å². The molecule has 10 heteroatoms. The molecule has 0 saturated heterocycles. The maximum Gasteiger partial charge on any atom is 0.282 e. The highest BCUT2D eigenvalue weighted by Crippen LogP contribution is 2.29. The quantitative estimate of drug-likeness (QED) is 0.759. The standard InChI is InChI=1S/C17H17F2N7O/c1-10-11(5-4-6-12(10)26-9-20-23-24-26)21-17(27)15-14(16(18)19)22-13-7-2-3-8-25(13)15/h4-6,9,16H,2-3,7-8H2,1H3,(H,21,27). The molecule has 140 valence electrons. The van der Waals surface area contributed by atoms with Gasteiger partial charge in [-0.1, -0.05) is 6.07 Å². The molecular weight excluding hydrogens is 356 g/mol. The van der Waals surface area contributed by atoms with Gasteiger partial charge in [0.15, 0.2) is 0 Å². The van der Waals surface area contributed by atoms with Gasteiger partial charge in [0.1, 0.15) is 23.5 Å². The molecule has 0 saturated carbocycles. The fourth-order valence-electron chi connectivity index (χ4n) is 3.36. The lowest BCUT2D eigenvalue weighted by Gasteiger charge is -2.17. The van der Waals surface area contributed by atoms with Crippen LogP contribution < -0.4 is 5.32 Å². The van der Waals surface area contributed by atoms with E-state index in [1.165, 1.54) is 11.0 Å². The highest BCUT2D eigenvalue weighted by atomic mass is 19.3. The molecule has 0 radical (unpaired) electrons. The van der Waals surface area contributed by atoms with Crippen LogP contribution in [0.4, 0.5) is 14.5 Å². The summed E-state index contributed by atoms with van der Waals surface area (Å²) in [5, 5.41) is 13.8. The highest BCUT2D eigenvalue weighted by Gasteiger charge is 2.29. The summed E-state index contributed by atoms with van der Waals surface area (Å²) < 4.78 is 30.0. The van der Waals surface area contributed by atoms with Gasteiger partial charge in [-0.15, -0.1) is 5.10 Å². The number of aryl methyl sites for hydroxylation is 1. The predicted octanol–water partition coefficient (Wildman–Crippen LogP) is 2.69. The zero-order chi connectivity index (χ0) is 19.0. The van der Waals surface area contributed by atoms with Gasteiger partial charge in [-0.3, -0.25) is 4.79 Å². The normalized spacial score (nSPS) is 13.6. The molecule has 27 heavy (non-hydrogen) atoms. The number of alkyl halides is 2. The number of benzene rings is 1. The van der Waals surface area contributed by atoms with Gasteiger partial charge in [-0.05, 0) is 47.9 Å². The molecule has 1 aliphatic rings. The van der Waals surface area contributed by atoms with Crippen LogP contribution in [0.1, 0.15) is 46.8 Å². The molecule has 4 rings (SSSR count). The van der Waals surface area contributed by atoms with Gasteiger partial charge in [0, 0.05) is 18.7 Å². The first-order valence-corrected chi connectivity index (χ1v) is 8.58. The van der Waals surface area contributed by atoms with E-state index in [1.54, 1.807) is 29.7 Å². The first kappa shape index (κ1) is 17.3. The average Bonchev–Trinajstić information content (AvgIpc) is 3.31. The third kappa shape index (κ3) is 3.07. The molecule has 8 nitrogen and oxygen atoms in total. The number of nitrogens with zero attached hydrogens (tertiary/aromatic N) is 6. The van der Waals surface area contributed by atoms with E-state index >= 15 is 0 Å². The second-order valence-corrected chi connectivity index (χ2v) is 6.33. The Morgan fingerprint density at radius 1 is 1.30 bits per heavy atom. The molecule has 1 N–H and O–H groups in total. The molecule has 1 amide bonds. The van der Waals surface area contributed by atoms with Crippen LogP contribution in [0.15, 0.2) is 24.5 Å². The van der Waals surface area contributed by atoms with Crippen molar-refractivity contribution in [2.24, 2.45) is 0 Å². The number of anilines is 1. The number of imidazole rings is 1. The summed E-state index contributed by atoms with van der Waals surface area (Å²) in [5.74, 6) is -0.0521. The van der Waals surface area contributed by atoms with Gasteiger partial charge in [-0.2, -0.15) is 0 Å². The van der Waals surface area contributed by atoms with Crippen molar-refractivity contribution < 1.29 is 13.6 Å². The van der Waals surface area contributed by atoms with E-state index in [0.717, 1.165) is 18.4 Å². The zero-order valence-corrected chi connectivity index (χ0v) is 14.6. The van der Waals surface area contributed by atoms with Crippen molar-refractivity contribution in [3.63, 3.8) is 0 Å². The van der Waals surface area contributed by atoms with E-state index in [2.05, 4.69) is 25.8 Å². The van der Waals surface area contributed by atoms with Crippen molar-refractivity contribution in [3.05, 3.63) is 47.3 Å². The Labute approximate surface area is 153 Å². The number of halogens is 2. The van der Waals surface area contributed by atoms with Gasteiger partial charge in [0.2, 0.25) is 0 Å². The van der Waals surface area contributed by atoms with Crippen LogP contribution >= 0.6 is 0 Å². The molecule has 2 aromatic heterocycles. The van der Waals surface area contributed by atoms with Crippen molar-refractivity contribution in [2.45, 2.75) is 39.2 Å². The fraction of sp³-hybridized carbons (Fsp3) is 0.353. The third-order valence-corrected chi connectivity index (χ3v) is 4.68. The van der Waals surface area contributed by atoms with Crippen LogP contribution in [-0.4, -0.2) is 35.7 Å². The van der Waals surface area contributed by atoms with Crippen LogP contribution in [0.2, 0.25) is 0 Å². The SMILES string of the molecule is Cc1c(NC(=O)c2c(C(F)F)nc3n2CCCC3)cccc1-n1cnnn1. The summed E-state index contributed by atoms with van der Waals surface area (Å²) >= 11 is 0. The van der Waals surface area contributed by atoms with Crippen molar-refractivity contribution in [1.29, 1.82) is 0 Å². The first-order valence-electron chi connectivity index (χ1n) is 8.58. The Morgan fingerprint density at radius 3 is 2.89 bits per heavy atom. The Bertz CT molecular complexity index is 982. The molecule has 1 aromatic carbocycles. The first-order chi connectivity index (χ1) is 13.1. The second-order valence-electron chi connectivity index (χ2n) is 6.33. The Hall–Kier alpha value is -3.17. The topological polar surface area (TPSA) is 90.5 Å². The molecule has 3 heterocycles. The fourth-order valence-corrected chi connectivity index (χ4v) is 3.36. The summed E-state index contributed by atoms with van der Waals surface area (Å²) in [4.78, 5) is 16.9. The van der Waals surface area contributed by atoms with Crippen molar-refractivity contribution in [3.8, 4) is 5.69 Å². The predicted molar refractivity (Wildman–Crippen MR) is 92.0 cm³/mol. The third-order valence-electron chi connectivity index (χ3n) is 4.68. The second kappa shape index (κ2) is 6.86. The summed E-state index contributed by atoms with van der Waals surface area (Å²) in [6, 6.07) is 5.24. The van der Waals surface area contributed by atoms with Crippen molar-refractivity contribution >= 4 is 11.6 Å². The smallest absolute Gasteiger partial charge is 0.282 e. The molecule has 3 aromatic rings. The van der Waals surface area contributed by atoms with Crippen molar-refractivity contribution in [1.82, 2.24) is 29.8 Å². The van der Waals surface area contributed by atoms with Gasteiger partial charge >= 0.3 is 0 Å². The Kier molecular flexibility index (Phi) is 4.38. The molecule has 0 fully saturated rings. The van der Waals surface area contributed by atoms with Crippen LogP contribution in [0.5, 0.6) is 0 Å². The Morgan fingerprint density at radius 2 is 2.15 bits per heavy atom. The van der Waals surface area contributed by atoms with E-state index in [-0.39, 0.29) is 5.69 Å². The number of nitrogens with one attached hydrogen (secondary N) is 1. The molecule has 0 atom stereocenters. The van der Waals surface area contributed by atoms with Gasteiger partial charge in [0.05, 0.1) is 5.69 Å². The van der Waals surface area contributed by atoms with E-state index in [1.807, 2.05) is 0 Å². The number of carbonyl (C=O) groups is 1. The van der Waals surface area contributed by atoms with E-state index in [4.69, 9.17) is 0 Å². The molecule has 0 aliphatic carbocycles. The largest absolute Gasteiger partial charge is 0.324 e. The average molecular weight is 373 g/mol. The minimum absolute atomic E-state index is 0.0630. The van der Waals surface area contributed by atoms with Crippen LogP contribution in [-0.2, 0) is 13.0 Å². The number of rotatable bonds is 4. The summed E-state index contributed by atoms with van der Waals surface area (Å²) in [7, 11) is 0. The van der Waals surface area contributed by atoms with Crippen LogP contribution in [0, 0.1) is 6.92 Å².